The molecular formula is C13H17F2N. The van der Waals surface area contributed by atoms with Crippen LogP contribution < -0.4 is 5.73 Å². The number of halogens is 2. The minimum atomic E-state index is -2.69. The Kier molecular flexibility index (Phi) is 2.54. The van der Waals surface area contributed by atoms with Crippen LogP contribution in [0.5, 0.6) is 0 Å². The largest absolute Gasteiger partial charge is 0.322 e. The average molecular weight is 225 g/mol. The number of nitrogens with two attached hydrogens (primary N) is 1. The van der Waals surface area contributed by atoms with Crippen LogP contribution in [0.1, 0.15) is 37.8 Å². The summed E-state index contributed by atoms with van der Waals surface area (Å²) in [5, 5.41) is 0. The Hall–Kier alpha value is -0.960. The van der Waals surface area contributed by atoms with Gasteiger partial charge in [-0.1, -0.05) is 18.2 Å². The highest BCUT2D eigenvalue weighted by molar-refractivity contribution is 5.31. The van der Waals surface area contributed by atoms with Gasteiger partial charge in [-0.2, -0.15) is 0 Å². The number of benzene rings is 1. The molecule has 1 aliphatic rings. The maximum atomic E-state index is 13.9. The van der Waals surface area contributed by atoms with E-state index in [2.05, 4.69) is 0 Å². The SMILES string of the molecule is CC(C)(N)c1cccc(C(F)(F)C2CC2)c1. The standard InChI is InChI=1S/C13H17F2N/c1-12(2,16)10-4-3-5-11(8-10)13(14,15)9-6-7-9/h3-5,8-9H,6-7,16H2,1-2H3. The number of rotatable bonds is 3. The van der Waals surface area contributed by atoms with Gasteiger partial charge in [0.15, 0.2) is 0 Å². The fraction of sp³-hybridized carbons (Fsp3) is 0.538. The van der Waals surface area contributed by atoms with Gasteiger partial charge in [-0.15, -0.1) is 0 Å². The van der Waals surface area contributed by atoms with Crippen molar-refractivity contribution in [1.29, 1.82) is 0 Å². The van der Waals surface area contributed by atoms with E-state index in [-0.39, 0.29) is 5.56 Å². The molecule has 0 amide bonds. The second-order valence-corrected chi connectivity index (χ2v) is 5.20. The summed E-state index contributed by atoms with van der Waals surface area (Å²) in [4.78, 5) is 0. The molecule has 1 aliphatic carbocycles. The summed E-state index contributed by atoms with van der Waals surface area (Å²) < 4.78 is 27.7. The van der Waals surface area contributed by atoms with Gasteiger partial charge in [0, 0.05) is 17.0 Å². The quantitative estimate of drug-likeness (QED) is 0.838. The van der Waals surface area contributed by atoms with E-state index in [4.69, 9.17) is 5.73 Å². The molecule has 1 nitrogen and oxygen atoms in total. The third kappa shape index (κ3) is 2.09. The molecule has 0 bridgehead atoms. The molecule has 0 spiro atoms. The van der Waals surface area contributed by atoms with Crippen LogP contribution in [0.15, 0.2) is 24.3 Å². The molecule has 1 aromatic carbocycles. The van der Waals surface area contributed by atoms with Gasteiger partial charge >= 0.3 is 0 Å². The lowest BCUT2D eigenvalue weighted by Crippen LogP contribution is -2.29. The van der Waals surface area contributed by atoms with Gasteiger partial charge in [0.05, 0.1) is 0 Å². The van der Waals surface area contributed by atoms with Crippen molar-refractivity contribution in [2.24, 2.45) is 11.7 Å². The van der Waals surface area contributed by atoms with Crippen LogP contribution >= 0.6 is 0 Å². The second-order valence-electron chi connectivity index (χ2n) is 5.20. The van der Waals surface area contributed by atoms with Crippen LogP contribution in [0.3, 0.4) is 0 Å². The summed E-state index contributed by atoms with van der Waals surface area (Å²) >= 11 is 0. The molecule has 0 unspecified atom stereocenters. The predicted octanol–water partition coefficient (Wildman–Crippen LogP) is 3.38. The fourth-order valence-corrected chi connectivity index (χ4v) is 1.81. The normalized spacial score (nSPS) is 17.6. The Morgan fingerprint density at radius 2 is 1.75 bits per heavy atom. The highest BCUT2D eigenvalue weighted by Crippen LogP contribution is 2.49. The topological polar surface area (TPSA) is 26.0 Å². The molecule has 16 heavy (non-hydrogen) atoms. The molecule has 2 rings (SSSR count). The van der Waals surface area contributed by atoms with E-state index >= 15 is 0 Å². The Balaban J connectivity index is 2.35. The Bertz CT molecular complexity index is 389. The van der Waals surface area contributed by atoms with Crippen LogP contribution in [-0.4, -0.2) is 0 Å². The first-order valence-electron chi connectivity index (χ1n) is 5.59. The van der Waals surface area contributed by atoms with Gasteiger partial charge in [-0.3, -0.25) is 0 Å². The van der Waals surface area contributed by atoms with Gasteiger partial charge in [-0.25, -0.2) is 8.78 Å². The van der Waals surface area contributed by atoms with E-state index in [1.165, 1.54) is 6.07 Å². The van der Waals surface area contributed by atoms with Crippen molar-refractivity contribution in [3.8, 4) is 0 Å². The molecule has 2 N–H and O–H groups in total. The summed E-state index contributed by atoms with van der Waals surface area (Å²) in [6.07, 6.45) is 1.26. The first-order chi connectivity index (χ1) is 7.32. The van der Waals surface area contributed by atoms with Gasteiger partial charge in [0.2, 0.25) is 0 Å². The summed E-state index contributed by atoms with van der Waals surface area (Å²) in [6, 6.07) is 6.49. The van der Waals surface area contributed by atoms with Crippen molar-refractivity contribution in [3.63, 3.8) is 0 Å². The first-order valence-corrected chi connectivity index (χ1v) is 5.59. The lowest BCUT2D eigenvalue weighted by atomic mass is 9.92. The van der Waals surface area contributed by atoms with E-state index in [0.29, 0.717) is 12.8 Å². The zero-order valence-electron chi connectivity index (χ0n) is 9.63. The van der Waals surface area contributed by atoms with Crippen LogP contribution in [-0.2, 0) is 11.5 Å². The summed E-state index contributed by atoms with van der Waals surface area (Å²) in [5.41, 5.74) is 6.20. The number of hydrogen-bond acceptors (Lipinski definition) is 1. The molecule has 1 fully saturated rings. The summed E-state index contributed by atoms with van der Waals surface area (Å²) in [5.74, 6) is -3.16. The maximum absolute atomic E-state index is 13.9. The zero-order chi connectivity index (χ0) is 12.0. The van der Waals surface area contributed by atoms with Crippen molar-refractivity contribution < 1.29 is 8.78 Å². The summed E-state index contributed by atoms with van der Waals surface area (Å²) in [7, 11) is 0. The third-order valence-corrected chi connectivity index (χ3v) is 3.08. The van der Waals surface area contributed by atoms with E-state index in [0.717, 1.165) is 5.56 Å². The zero-order valence-corrected chi connectivity index (χ0v) is 9.63. The fourth-order valence-electron chi connectivity index (χ4n) is 1.81. The monoisotopic (exact) mass is 225 g/mol. The second kappa shape index (κ2) is 3.52. The van der Waals surface area contributed by atoms with E-state index in [9.17, 15) is 8.78 Å². The van der Waals surface area contributed by atoms with Crippen LogP contribution in [0.2, 0.25) is 0 Å². The van der Waals surface area contributed by atoms with Gasteiger partial charge < -0.3 is 5.73 Å². The van der Waals surface area contributed by atoms with Crippen LogP contribution in [0.25, 0.3) is 0 Å². The highest BCUT2D eigenvalue weighted by atomic mass is 19.3. The minimum absolute atomic E-state index is 0.103. The molecule has 0 aromatic heterocycles. The van der Waals surface area contributed by atoms with Crippen molar-refractivity contribution in [2.75, 3.05) is 0 Å². The Morgan fingerprint density at radius 1 is 1.19 bits per heavy atom. The molecule has 0 aliphatic heterocycles. The molecule has 0 heterocycles. The maximum Gasteiger partial charge on any atom is 0.276 e. The smallest absolute Gasteiger partial charge is 0.276 e. The average Bonchev–Trinajstić information content (AvgIpc) is 3.00. The molecular weight excluding hydrogens is 208 g/mol. The lowest BCUT2D eigenvalue weighted by Gasteiger charge is -2.22. The molecule has 1 aromatic rings. The third-order valence-electron chi connectivity index (χ3n) is 3.08. The van der Waals surface area contributed by atoms with Crippen LogP contribution in [0.4, 0.5) is 8.78 Å². The molecule has 1 saturated carbocycles. The van der Waals surface area contributed by atoms with Gasteiger partial charge in [-0.05, 0) is 38.3 Å². The van der Waals surface area contributed by atoms with Gasteiger partial charge in [0.25, 0.3) is 5.92 Å². The minimum Gasteiger partial charge on any atom is -0.322 e. The van der Waals surface area contributed by atoms with Gasteiger partial charge in [0.1, 0.15) is 0 Å². The molecule has 88 valence electrons. The van der Waals surface area contributed by atoms with Crippen molar-refractivity contribution in [1.82, 2.24) is 0 Å². The lowest BCUT2D eigenvalue weighted by molar-refractivity contribution is -0.0286. The van der Waals surface area contributed by atoms with E-state index < -0.39 is 17.4 Å². The van der Waals surface area contributed by atoms with E-state index in [1.807, 2.05) is 13.8 Å². The Labute approximate surface area is 94.7 Å². The predicted molar refractivity (Wildman–Crippen MR) is 60.3 cm³/mol. The first kappa shape index (κ1) is 11.5. The number of alkyl halides is 2. The summed E-state index contributed by atoms with van der Waals surface area (Å²) in [6.45, 7) is 3.64. The molecule has 0 saturated heterocycles. The van der Waals surface area contributed by atoms with Crippen molar-refractivity contribution in [3.05, 3.63) is 35.4 Å². The van der Waals surface area contributed by atoms with Crippen LogP contribution in [0, 0.1) is 5.92 Å². The van der Waals surface area contributed by atoms with E-state index in [1.54, 1.807) is 18.2 Å². The molecule has 0 radical (unpaired) electrons. The highest BCUT2D eigenvalue weighted by Gasteiger charge is 2.48. The number of hydrogen-bond donors (Lipinski definition) is 1. The molecule has 0 atom stereocenters. The van der Waals surface area contributed by atoms with Crippen molar-refractivity contribution >= 4 is 0 Å². The Morgan fingerprint density at radius 3 is 2.25 bits per heavy atom. The van der Waals surface area contributed by atoms with Crippen molar-refractivity contribution in [2.45, 2.75) is 38.2 Å². The molecule has 3 heteroatoms.